The molecule has 6 rings (SSSR count). The zero-order chi connectivity index (χ0) is 31.1. The molecule has 0 bridgehead atoms. The first-order valence-corrected chi connectivity index (χ1v) is 13.7. The number of phenolic OH excluding ortho intramolecular Hbond substituents is 2. The van der Waals surface area contributed by atoms with E-state index in [-0.39, 0.29) is 39.2 Å². The molecule has 0 unspecified atom stereocenters. The molecule has 0 aliphatic rings. The van der Waals surface area contributed by atoms with Crippen LogP contribution in [0.2, 0.25) is 0 Å². The lowest BCUT2D eigenvalue weighted by Gasteiger charge is -2.10. The maximum absolute atomic E-state index is 12.9. The maximum atomic E-state index is 12.9. The van der Waals surface area contributed by atoms with Crippen molar-refractivity contribution < 1.29 is 23.8 Å². The van der Waals surface area contributed by atoms with Crippen LogP contribution in [0.3, 0.4) is 0 Å². The molecule has 0 saturated heterocycles. The molecule has 2 aromatic carbocycles. The number of ether oxygens (including phenoxy) is 1. The van der Waals surface area contributed by atoms with Gasteiger partial charge in [-0.05, 0) is 97.6 Å². The van der Waals surface area contributed by atoms with Gasteiger partial charge in [0.2, 0.25) is 11.4 Å². The van der Waals surface area contributed by atoms with Crippen LogP contribution in [-0.4, -0.2) is 26.1 Å². The van der Waals surface area contributed by atoms with Gasteiger partial charge < -0.3 is 23.8 Å². The number of aromatic nitrogens is 2. The molecular formula is C33H36N2O7. The Morgan fingerprint density at radius 3 is 1.52 bits per heavy atom. The number of hydrogen-bond donors (Lipinski definition) is 2. The molecule has 0 fully saturated rings. The Kier molecular flexibility index (Phi) is 6.68. The van der Waals surface area contributed by atoms with Crippen LogP contribution in [0.5, 0.6) is 17.2 Å². The number of aryl methyl sites for hydroxylation is 7. The SMILES string of the molecule is COc1cc(C)c(C)c2oc3c(C)c(C)c(C)n3c(=O)c12.Cc1c(O)c(C)c2oc3c(C)c(C)c(C)n3c(=O)c2c1O. The quantitative estimate of drug-likeness (QED) is 0.228. The molecule has 220 valence electrons. The zero-order valence-electron chi connectivity index (χ0n) is 25.9. The molecule has 0 atom stereocenters. The first-order chi connectivity index (χ1) is 19.6. The fourth-order valence-electron chi connectivity index (χ4n) is 5.65. The van der Waals surface area contributed by atoms with Crippen molar-refractivity contribution in [1.82, 2.24) is 8.80 Å². The van der Waals surface area contributed by atoms with Gasteiger partial charge >= 0.3 is 0 Å². The van der Waals surface area contributed by atoms with Crippen molar-refractivity contribution in [3.63, 3.8) is 0 Å². The number of rotatable bonds is 1. The summed E-state index contributed by atoms with van der Waals surface area (Å²) in [4.78, 5) is 25.7. The lowest BCUT2D eigenvalue weighted by Crippen LogP contribution is -2.15. The van der Waals surface area contributed by atoms with E-state index in [1.807, 2.05) is 61.5 Å². The zero-order valence-corrected chi connectivity index (χ0v) is 25.9. The Labute approximate surface area is 242 Å². The largest absolute Gasteiger partial charge is 0.507 e. The summed E-state index contributed by atoms with van der Waals surface area (Å²) in [6.07, 6.45) is 0. The second kappa shape index (κ2) is 9.72. The molecule has 9 heteroatoms. The average molecular weight is 573 g/mol. The molecule has 0 radical (unpaired) electrons. The lowest BCUT2D eigenvalue weighted by atomic mass is 10.1. The predicted molar refractivity (Wildman–Crippen MR) is 164 cm³/mol. The van der Waals surface area contributed by atoms with Gasteiger partial charge in [-0.3, -0.25) is 9.59 Å². The number of fused-ring (bicyclic) bond motifs is 4. The summed E-state index contributed by atoms with van der Waals surface area (Å²) in [5.41, 5.74) is 9.92. The van der Waals surface area contributed by atoms with Gasteiger partial charge in [-0.15, -0.1) is 0 Å². The van der Waals surface area contributed by atoms with Crippen LogP contribution in [0.1, 0.15) is 55.9 Å². The standard InChI is InChI=1S/C17H19NO3.C16H17NO4/c1-8-7-13(20-6)14-15(9(8)2)21-17-11(4)10(3)12(5)18(17)16(14)19;1-6-7(2)16-17(10(6)5)15(20)11-13(19)8(3)12(18)9(4)14(11)21-16/h7H,1-6H3;18-19H,1-5H3. The number of hydrogen-bond acceptors (Lipinski definition) is 7. The van der Waals surface area contributed by atoms with E-state index in [2.05, 4.69) is 0 Å². The molecule has 0 aliphatic heterocycles. The summed E-state index contributed by atoms with van der Waals surface area (Å²) >= 11 is 0. The van der Waals surface area contributed by atoms with E-state index >= 15 is 0 Å². The molecule has 4 aromatic heterocycles. The maximum Gasteiger partial charge on any atom is 0.272 e. The lowest BCUT2D eigenvalue weighted by molar-refractivity contribution is 0.418. The van der Waals surface area contributed by atoms with Crippen molar-refractivity contribution in [3.8, 4) is 17.2 Å². The Morgan fingerprint density at radius 2 is 1.05 bits per heavy atom. The van der Waals surface area contributed by atoms with Gasteiger partial charge in [-0.1, -0.05) is 0 Å². The minimum absolute atomic E-state index is 0.0508. The van der Waals surface area contributed by atoms with E-state index in [0.29, 0.717) is 33.7 Å². The van der Waals surface area contributed by atoms with Crippen molar-refractivity contribution in [1.29, 1.82) is 0 Å². The third-order valence-electron chi connectivity index (χ3n) is 9.00. The Morgan fingerprint density at radius 1 is 0.595 bits per heavy atom. The predicted octanol–water partition coefficient (Wildman–Crippen LogP) is 6.60. The summed E-state index contributed by atoms with van der Waals surface area (Å²) in [6, 6.07) is 1.89. The molecule has 9 nitrogen and oxygen atoms in total. The number of aromatic hydroxyl groups is 2. The van der Waals surface area contributed by atoms with Crippen molar-refractivity contribution in [2.75, 3.05) is 7.11 Å². The Balaban J connectivity index is 0.000000168. The van der Waals surface area contributed by atoms with Crippen molar-refractivity contribution in [3.05, 3.63) is 82.7 Å². The van der Waals surface area contributed by atoms with Gasteiger partial charge in [0.15, 0.2) is 5.58 Å². The third kappa shape index (κ3) is 3.76. The Bertz CT molecular complexity index is 2240. The normalized spacial score (nSPS) is 11.6. The molecular weight excluding hydrogens is 536 g/mol. The van der Waals surface area contributed by atoms with Crippen molar-refractivity contribution in [2.45, 2.75) is 69.2 Å². The topological polar surface area (TPSA) is 119 Å². The summed E-state index contributed by atoms with van der Waals surface area (Å²) < 4.78 is 20.5. The molecule has 42 heavy (non-hydrogen) atoms. The highest BCUT2D eigenvalue weighted by Crippen LogP contribution is 2.38. The average Bonchev–Trinajstić information content (AvgIpc) is 3.32. The van der Waals surface area contributed by atoms with Gasteiger partial charge in [0.1, 0.15) is 33.6 Å². The molecule has 4 heterocycles. The summed E-state index contributed by atoms with van der Waals surface area (Å²) in [5, 5.41) is 20.9. The van der Waals surface area contributed by atoms with Crippen LogP contribution < -0.4 is 15.9 Å². The highest BCUT2D eigenvalue weighted by atomic mass is 16.5. The van der Waals surface area contributed by atoms with Crippen LogP contribution in [0.15, 0.2) is 24.5 Å². The smallest absolute Gasteiger partial charge is 0.272 e. The summed E-state index contributed by atoms with van der Waals surface area (Å²) in [5.74, 6) is 0.282. The van der Waals surface area contributed by atoms with Crippen molar-refractivity contribution in [2.24, 2.45) is 0 Å². The summed E-state index contributed by atoms with van der Waals surface area (Å²) in [7, 11) is 1.58. The molecule has 2 N–H and O–H groups in total. The number of benzene rings is 2. The molecule has 6 aromatic rings. The number of phenols is 2. The van der Waals surface area contributed by atoms with E-state index < -0.39 is 0 Å². The van der Waals surface area contributed by atoms with Crippen LogP contribution in [0.25, 0.3) is 33.4 Å². The van der Waals surface area contributed by atoms with E-state index in [0.717, 1.165) is 44.8 Å². The summed E-state index contributed by atoms with van der Waals surface area (Å²) in [6.45, 7) is 18.8. The number of nitrogens with zero attached hydrogens (tertiary/aromatic N) is 2. The van der Waals surface area contributed by atoms with Gasteiger partial charge in [0, 0.05) is 33.6 Å². The number of methoxy groups -OCH3 is 1. The van der Waals surface area contributed by atoms with Crippen molar-refractivity contribution >= 4 is 33.4 Å². The van der Waals surface area contributed by atoms with Gasteiger partial charge in [0.25, 0.3) is 11.1 Å². The highest BCUT2D eigenvalue weighted by Gasteiger charge is 2.23. The first-order valence-electron chi connectivity index (χ1n) is 13.7. The van der Waals surface area contributed by atoms with Gasteiger partial charge in [-0.25, -0.2) is 8.80 Å². The van der Waals surface area contributed by atoms with E-state index in [1.165, 1.54) is 4.40 Å². The minimum Gasteiger partial charge on any atom is -0.507 e. The fraction of sp³-hybridized carbons (Fsp3) is 0.333. The van der Waals surface area contributed by atoms with Crippen LogP contribution in [0.4, 0.5) is 0 Å². The van der Waals surface area contributed by atoms with E-state index in [4.69, 9.17) is 13.6 Å². The van der Waals surface area contributed by atoms with E-state index in [9.17, 15) is 19.8 Å². The van der Waals surface area contributed by atoms with Crippen LogP contribution in [0, 0.1) is 69.2 Å². The Hall–Kier alpha value is -4.66. The molecule has 0 spiro atoms. The fourth-order valence-corrected chi connectivity index (χ4v) is 5.65. The van der Waals surface area contributed by atoms with Crippen LogP contribution >= 0.6 is 0 Å². The monoisotopic (exact) mass is 572 g/mol. The highest BCUT2D eigenvalue weighted by molar-refractivity contribution is 5.90. The molecule has 0 saturated carbocycles. The third-order valence-corrected chi connectivity index (χ3v) is 9.00. The second-order valence-corrected chi connectivity index (χ2v) is 11.1. The second-order valence-electron chi connectivity index (χ2n) is 11.1. The van der Waals surface area contributed by atoms with E-state index in [1.54, 1.807) is 25.4 Å². The first kappa shape index (κ1) is 28.9. The van der Waals surface area contributed by atoms with Gasteiger partial charge in [0.05, 0.1) is 7.11 Å². The van der Waals surface area contributed by atoms with Gasteiger partial charge in [-0.2, -0.15) is 0 Å². The molecule has 0 aliphatic carbocycles. The van der Waals surface area contributed by atoms with Crippen LogP contribution in [-0.2, 0) is 0 Å². The minimum atomic E-state index is -0.330. The molecule has 0 amide bonds.